The Balaban J connectivity index is 2.19. The molecule has 0 aromatic heterocycles. The van der Waals surface area contributed by atoms with Crippen molar-refractivity contribution in [3.05, 3.63) is 35.9 Å². The lowest BCUT2D eigenvalue weighted by Crippen LogP contribution is -2.44. The second kappa shape index (κ2) is 8.31. The number of nitrogens with one attached hydrogen (secondary N) is 1. The molecule has 0 radical (unpaired) electrons. The molecule has 3 unspecified atom stereocenters. The Hall–Kier alpha value is -2.41. The van der Waals surface area contributed by atoms with Crippen LogP contribution in [0.15, 0.2) is 30.3 Å². The zero-order valence-corrected chi connectivity index (χ0v) is 15.5. The quantitative estimate of drug-likeness (QED) is 0.617. The van der Waals surface area contributed by atoms with Crippen molar-refractivity contribution in [1.82, 2.24) is 10.2 Å². The van der Waals surface area contributed by atoms with Crippen LogP contribution in [0, 0.1) is 5.92 Å². The fourth-order valence-corrected chi connectivity index (χ4v) is 3.42. The maximum Gasteiger partial charge on any atom is 0.417 e. The van der Waals surface area contributed by atoms with Crippen LogP contribution < -0.4 is 5.32 Å². The zero-order chi connectivity index (χ0) is 19.4. The maximum absolute atomic E-state index is 12.7. The van der Waals surface area contributed by atoms with E-state index in [4.69, 9.17) is 4.74 Å². The minimum atomic E-state index is -1.03. The molecule has 1 saturated heterocycles. The van der Waals surface area contributed by atoms with E-state index < -0.39 is 36.0 Å². The van der Waals surface area contributed by atoms with Crippen molar-refractivity contribution in [2.75, 3.05) is 0 Å². The van der Waals surface area contributed by atoms with Crippen LogP contribution >= 0.6 is 0 Å². The van der Waals surface area contributed by atoms with Crippen molar-refractivity contribution in [2.24, 2.45) is 5.92 Å². The molecular weight excluding hydrogens is 336 g/mol. The van der Waals surface area contributed by atoms with Gasteiger partial charge in [-0.05, 0) is 39.7 Å². The van der Waals surface area contributed by atoms with Crippen LogP contribution in [-0.4, -0.2) is 46.2 Å². The van der Waals surface area contributed by atoms with Gasteiger partial charge in [-0.25, -0.2) is 4.79 Å². The molecule has 1 heterocycles. The number of esters is 1. The van der Waals surface area contributed by atoms with E-state index in [0.29, 0.717) is 0 Å². The molecule has 0 spiro atoms. The van der Waals surface area contributed by atoms with E-state index >= 15 is 0 Å². The van der Waals surface area contributed by atoms with E-state index in [0.717, 1.165) is 5.56 Å². The maximum atomic E-state index is 12.7. The van der Waals surface area contributed by atoms with Gasteiger partial charge in [0.25, 0.3) is 0 Å². The summed E-state index contributed by atoms with van der Waals surface area (Å²) in [7, 11) is 0. The summed E-state index contributed by atoms with van der Waals surface area (Å²) >= 11 is 0. The molecule has 26 heavy (non-hydrogen) atoms. The molecule has 2 N–H and O–H groups in total. The number of hydrogen-bond acceptors (Lipinski definition) is 5. The molecule has 1 aliphatic rings. The first kappa shape index (κ1) is 19.9. The van der Waals surface area contributed by atoms with Crippen LogP contribution in [0.3, 0.4) is 0 Å². The smallest absolute Gasteiger partial charge is 0.417 e. The largest absolute Gasteiger partial charge is 0.480 e. The van der Waals surface area contributed by atoms with Crippen LogP contribution in [-0.2, 0) is 14.3 Å². The molecule has 3 atom stereocenters. The first-order valence-corrected chi connectivity index (χ1v) is 8.80. The topological polar surface area (TPSA) is 95.9 Å². The average Bonchev–Trinajstić information content (AvgIpc) is 3.00. The molecule has 1 amide bonds. The third-order valence-electron chi connectivity index (χ3n) is 4.54. The number of carboxylic acids is 1. The predicted molar refractivity (Wildman–Crippen MR) is 95.4 cm³/mol. The number of ether oxygens (including phenoxy) is 1. The minimum Gasteiger partial charge on any atom is -0.480 e. The molecule has 1 aromatic rings. The Morgan fingerprint density at radius 3 is 2.19 bits per heavy atom. The number of benzene rings is 1. The Morgan fingerprint density at radius 1 is 1.12 bits per heavy atom. The molecule has 1 aromatic carbocycles. The summed E-state index contributed by atoms with van der Waals surface area (Å²) < 4.78 is 5.11. The third-order valence-corrected chi connectivity index (χ3v) is 4.54. The van der Waals surface area contributed by atoms with Gasteiger partial charge in [0.15, 0.2) is 0 Å². The monoisotopic (exact) mass is 362 g/mol. The molecular formula is C19H26N2O5. The fourth-order valence-electron chi connectivity index (χ4n) is 3.42. The number of amides is 1. The van der Waals surface area contributed by atoms with E-state index in [1.54, 1.807) is 0 Å². The highest BCUT2D eigenvalue weighted by molar-refractivity contribution is 5.88. The third kappa shape index (κ3) is 4.40. The van der Waals surface area contributed by atoms with Crippen molar-refractivity contribution < 1.29 is 24.2 Å². The van der Waals surface area contributed by atoms with E-state index in [9.17, 15) is 19.5 Å². The lowest BCUT2D eigenvalue weighted by atomic mass is 9.93. The highest BCUT2D eigenvalue weighted by atomic mass is 16.6. The van der Waals surface area contributed by atoms with E-state index in [1.165, 1.54) is 4.90 Å². The van der Waals surface area contributed by atoms with Crippen LogP contribution in [0.5, 0.6) is 0 Å². The molecule has 1 aliphatic heterocycles. The van der Waals surface area contributed by atoms with Crippen molar-refractivity contribution in [3.8, 4) is 0 Å². The summed E-state index contributed by atoms with van der Waals surface area (Å²) in [5.74, 6) is -2.48. The summed E-state index contributed by atoms with van der Waals surface area (Å²) in [5, 5.41) is 12.3. The molecule has 0 aliphatic carbocycles. The zero-order valence-electron chi connectivity index (χ0n) is 15.5. The van der Waals surface area contributed by atoms with Crippen molar-refractivity contribution >= 4 is 18.0 Å². The van der Waals surface area contributed by atoms with Crippen LogP contribution in [0.25, 0.3) is 0 Å². The molecule has 0 bridgehead atoms. The van der Waals surface area contributed by atoms with Crippen molar-refractivity contribution in [2.45, 2.75) is 58.3 Å². The Bertz CT molecular complexity index is 651. The lowest BCUT2D eigenvalue weighted by molar-refractivity contribution is -0.143. The molecule has 0 saturated carbocycles. The Morgan fingerprint density at radius 2 is 1.69 bits per heavy atom. The van der Waals surface area contributed by atoms with Gasteiger partial charge in [-0.1, -0.05) is 30.3 Å². The van der Waals surface area contributed by atoms with Gasteiger partial charge in [0.2, 0.25) is 0 Å². The Kier molecular flexibility index (Phi) is 6.37. The number of nitrogens with zero attached hydrogens (tertiary/aromatic N) is 1. The minimum absolute atomic E-state index is 0.0738. The fraction of sp³-hybridized carbons (Fsp3) is 0.526. The van der Waals surface area contributed by atoms with Gasteiger partial charge < -0.3 is 14.7 Å². The highest BCUT2D eigenvalue weighted by Crippen LogP contribution is 2.34. The SMILES string of the molecule is CC(C)N(C(=O)OC(=O)C1CC(C(=O)O)NC1c1ccccc1)C(C)C. The van der Waals surface area contributed by atoms with Gasteiger partial charge >= 0.3 is 18.0 Å². The first-order valence-electron chi connectivity index (χ1n) is 8.80. The van der Waals surface area contributed by atoms with Gasteiger partial charge in [-0.2, -0.15) is 0 Å². The highest BCUT2D eigenvalue weighted by Gasteiger charge is 2.44. The second-order valence-corrected chi connectivity index (χ2v) is 7.07. The number of carbonyl (C=O) groups excluding carboxylic acids is 2. The van der Waals surface area contributed by atoms with Gasteiger partial charge in [0.05, 0.1) is 5.92 Å². The summed E-state index contributed by atoms with van der Waals surface area (Å²) in [5.41, 5.74) is 0.787. The van der Waals surface area contributed by atoms with Crippen LogP contribution in [0.4, 0.5) is 4.79 Å². The molecule has 7 heteroatoms. The predicted octanol–water partition coefficient (Wildman–Crippen LogP) is 2.57. The molecule has 1 fully saturated rings. The molecule has 142 valence electrons. The van der Waals surface area contributed by atoms with Gasteiger partial charge in [0, 0.05) is 18.1 Å². The van der Waals surface area contributed by atoms with Gasteiger partial charge in [0.1, 0.15) is 6.04 Å². The number of hydrogen-bond donors (Lipinski definition) is 2. The first-order chi connectivity index (χ1) is 12.2. The van der Waals surface area contributed by atoms with Gasteiger partial charge in [-0.15, -0.1) is 0 Å². The summed E-state index contributed by atoms with van der Waals surface area (Å²) in [6, 6.07) is 7.51. The van der Waals surface area contributed by atoms with Crippen molar-refractivity contribution in [3.63, 3.8) is 0 Å². The average molecular weight is 362 g/mol. The normalized spacial score (nSPS) is 22.5. The summed E-state index contributed by atoms with van der Waals surface area (Å²) in [6.45, 7) is 7.37. The molecule has 7 nitrogen and oxygen atoms in total. The number of aliphatic carboxylic acids is 1. The summed E-state index contributed by atoms with van der Waals surface area (Å²) in [6.07, 6.45) is -0.629. The van der Waals surface area contributed by atoms with E-state index in [-0.39, 0.29) is 18.5 Å². The number of carbonyl (C=O) groups is 3. The summed E-state index contributed by atoms with van der Waals surface area (Å²) in [4.78, 5) is 37.9. The van der Waals surface area contributed by atoms with Crippen molar-refractivity contribution in [1.29, 1.82) is 0 Å². The lowest BCUT2D eigenvalue weighted by Gasteiger charge is -2.29. The second-order valence-electron chi connectivity index (χ2n) is 7.07. The van der Waals surface area contributed by atoms with Crippen LogP contribution in [0.1, 0.15) is 45.7 Å². The van der Waals surface area contributed by atoms with Gasteiger partial charge in [-0.3, -0.25) is 14.9 Å². The van der Waals surface area contributed by atoms with E-state index in [1.807, 2.05) is 58.0 Å². The van der Waals surface area contributed by atoms with E-state index in [2.05, 4.69) is 5.32 Å². The van der Waals surface area contributed by atoms with Crippen LogP contribution in [0.2, 0.25) is 0 Å². The standard InChI is InChI=1S/C19H26N2O5/c1-11(2)21(12(3)4)19(25)26-18(24)14-10-15(17(22)23)20-16(14)13-8-6-5-7-9-13/h5-9,11-12,14-16,20H,10H2,1-4H3,(H,22,23). The molecule has 2 rings (SSSR count). The number of rotatable bonds is 5. The Labute approximate surface area is 153 Å². The number of carboxylic acid groups (broad SMARTS) is 1.